The molecular weight excluding hydrogens is 380 g/mol. The van der Waals surface area contributed by atoms with Crippen molar-refractivity contribution < 1.29 is 9.53 Å². The van der Waals surface area contributed by atoms with Crippen LogP contribution in [0.1, 0.15) is 36.2 Å². The molecule has 0 saturated heterocycles. The lowest BCUT2D eigenvalue weighted by Gasteiger charge is -2.18. The summed E-state index contributed by atoms with van der Waals surface area (Å²) in [6, 6.07) is 15.5. The Labute approximate surface area is 171 Å². The fourth-order valence-electron chi connectivity index (χ4n) is 2.69. The average molecular weight is 405 g/mol. The molecule has 2 N–H and O–H groups in total. The van der Waals surface area contributed by atoms with E-state index in [1.165, 1.54) is 5.56 Å². The van der Waals surface area contributed by atoms with E-state index in [2.05, 4.69) is 41.8 Å². The highest BCUT2D eigenvalue weighted by Crippen LogP contribution is 2.22. The molecule has 0 amide bonds. The lowest BCUT2D eigenvalue weighted by molar-refractivity contribution is 0.0526. The third-order valence-corrected chi connectivity index (χ3v) is 4.78. The Balaban J connectivity index is 1.87. The van der Waals surface area contributed by atoms with Crippen molar-refractivity contribution in [1.82, 2.24) is 5.32 Å². The zero-order valence-corrected chi connectivity index (χ0v) is 17.2. The number of carbonyl (C=O) groups excluding carboxylic acids is 1. The van der Waals surface area contributed by atoms with E-state index in [1.807, 2.05) is 6.07 Å². The molecule has 6 heteroatoms. The van der Waals surface area contributed by atoms with Crippen molar-refractivity contribution in [2.75, 3.05) is 18.5 Å². The number of halogens is 1. The Kier molecular flexibility index (Phi) is 8.55. The largest absolute Gasteiger partial charge is 0.462 e. The van der Waals surface area contributed by atoms with Crippen LogP contribution >= 0.6 is 23.8 Å². The predicted molar refractivity (Wildman–Crippen MR) is 116 cm³/mol. The van der Waals surface area contributed by atoms with Crippen molar-refractivity contribution in [3.63, 3.8) is 0 Å². The number of thiocarbonyl (C=S) groups is 1. The summed E-state index contributed by atoms with van der Waals surface area (Å²) in [7, 11) is 0. The predicted octanol–water partition coefficient (Wildman–Crippen LogP) is 5.07. The highest BCUT2D eigenvalue weighted by atomic mass is 35.5. The first kappa shape index (κ1) is 21.2. The fourth-order valence-corrected chi connectivity index (χ4v) is 3.15. The number of benzene rings is 2. The number of hydrogen-bond acceptors (Lipinski definition) is 3. The van der Waals surface area contributed by atoms with Crippen LogP contribution in [0.4, 0.5) is 5.69 Å². The lowest BCUT2D eigenvalue weighted by atomic mass is 9.97. The van der Waals surface area contributed by atoms with Gasteiger partial charge in [-0.1, -0.05) is 55.3 Å². The molecule has 27 heavy (non-hydrogen) atoms. The standard InChI is InChI=1S/C21H25ClN2O2S/c1-3-15(12-16-8-6-5-7-9-16)14-23-21(27)24-17-10-11-18(19(22)13-17)20(25)26-4-2/h5-11,13,15H,3-4,12,14H2,1-2H3,(H2,23,24,27)/t15-/m0/s1. The zero-order chi connectivity index (χ0) is 19.6. The summed E-state index contributed by atoms with van der Waals surface area (Å²) in [6.07, 6.45) is 2.07. The molecule has 0 bridgehead atoms. The highest BCUT2D eigenvalue weighted by Gasteiger charge is 2.13. The maximum atomic E-state index is 11.8. The summed E-state index contributed by atoms with van der Waals surface area (Å²) in [5.74, 6) is 0.0587. The molecule has 2 rings (SSSR count). The molecule has 0 aliphatic carbocycles. The summed E-state index contributed by atoms with van der Waals surface area (Å²) in [5, 5.41) is 7.23. The van der Waals surface area contributed by atoms with Gasteiger partial charge in [-0.15, -0.1) is 0 Å². The lowest BCUT2D eigenvalue weighted by Crippen LogP contribution is -2.33. The van der Waals surface area contributed by atoms with Gasteiger partial charge < -0.3 is 15.4 Å². The monoisotopic (exact) mass is 404 g/mol. The minimum absolute atomic E-state index is 0.310. The third kappa shape index (κ3) is 6.85. The molecule has 2 aromatic carbocycles. The van der Waals surface area contributed by atoms with Crippen LogP contribution in [-0.4, -0.2) is 24.2 Å². The molecule has 0 aliphatic rings. The van der Waals surface area contributed by atoms with Gasteiger partial charge in [0.25, 0.3) is 0 Å². The number of nitrogens with one attached hydrogen (secondary N) is 2. The molecule has 0 radical (unpaired) electrons. The van der Waals surface area contributed by atoms with Crippen molar-refractivity contribution in [3.8, 4) is 0 Å². The number of ether oxygens (including phenoxy) is 1. The van der Waals surface area contributed by atoms with Gasteiger partial charge >= 0.3 is 5.97 Å². The summed E-state index contributed by atoms with van der Waals surface area (Å²) in [5.41, 5.74) is 2.39. The van der Waals surface area contributed by atoms with E-state index in [-0.39, 0.29) is 0 Å². The van der Waals surface area contributed by atoms with Crippen LogP contribution in [0.15, 0.2) is 48.5 Å². The Hall–Kier alpha value is -2.11. The Morgan fingerprint density at radius 2 is 1.93 bits per heavy atom. The fraction of sp³-hybridized carbons (Fsp3) is 0.333. The van der Waals surface area contributed by atoms with E-state index >= 15 is 0 Å². The van der Waals surface area contributed by atoms with Crippen molar-refractivity contribution in [1.29, 1.82) is 0 Å². The third-order valence-electron chi connectivity index (χ3n) is 4.22. The van der Waals surface area contributed by atoms with Crippen molar-refractivity contribution >= 4 is 40.6 Å². The van der Waals surface area contributed by atoms with Crippen molar-refractivity contribution in [2.45, 2.75) is 26.7 Å². The van der Waals surface area contributed by atoms with Gasteiger partial charge in [-0.25, -0.2) is 4.79 Å². The van der Waals surface area contributed by atoms with Crippen LogP contribution in [0.2, 0.25) is 5.02 Å². The molecule has 0 heterocycles. The number of carbonyl (C=O) groups is 1. The number of hydrogen-bond donors (Lipinski definition) is 2. The molecule has 0 spiro atoms. The Morgan fingerprint density at radius 1 is 1.19 bits per heavy atom. The molecule has 0 aliphatic heterocycles. The summed E-state index contributed by atoms with van der Waals surface area (Å²) in [4.78, 5) is 11.8. The average Bonchev–Trinajstić information content (AvgIpc) is 2.66. The van der Waals surface area contributed by atoms with Crippen LogP contribution in [-0.2, 0) is 11.2 Å². The second-order valence-electron chi connectivity index (χ2n) is 6.21. The van der Waals surface area contributed by atoms with Crippen LogP contribution in [0.3, 0.4) is 0 Å². The Morgan fingerprint density at radius 3 is 2.56 bits per heavy atom. The van der Waals surface area contributed by atoms with Gasteiger partial charge in [-0.2, -0.15) is 0 Å². The topological polar surface area (TPSA) is 50.4 Å². The second-order valence-corrected chi connectivity index (χ2v) is 7.03. The first-order chi connectivity index (χ1) is 13.0. The minimum atomic E-state index is -0.429. The van der Waals surface area contributed by atoms with Crippen molar-refractivity contribution in [3.05, 3.63) is 64.7 Å². The van der Waals surface area contributed by atoms with Crippen LogP contribution in [0.5, 0.6) is 0 Å². The molecule has 2 aromatic rings. The van der Waals surface area contributed by atoms with Crippen LogP contribution in [0, 0.1) is 5.92 Å². The molecular formula is C21H25ClN2O2S. The quantitative estimate of drug-likeness (QED) is 0.475. The first-order valence-electron chi connectivity index (χ1n) is 9.08. The summed E-state index contributed by atoms with van der Waals surface area (Å²) < 4.78 is 4.97. The van der Waals surface area contributed by atoms with Gasteiger partial charge in [0.15, 0.2) is 5.11 Å². The van der Waals surface area contributed by atoms with E-state index in [9.17, 15) is 4.79 Å². The van der Waals surface area contributed by atoms with Gasteiger partial charge in [0.05, 0.1) is 17.2 Å². The SMILES string of the molecule is CCOC(=O)c1ccc(NC(=S)NC[C@@H](CC)Cc2ccccc2)cc1Cl. The maximum Gasteiger partial charge on any atom is 0.339 e. The summed E-state index contributed by atoms with van der Waals surface area (Å²) in [6.45, 7) is 5.03. The van der Waals surface area contributed by atoms with Crippen molar-refractivity contribution in [2.24, 2.45) is 5.92 Å². The van der Waals surface area contributed by atoms with Crippen LogP contribution < -0.4 is 10.6 Å². The molecule has 0 unspecified atom stereocenters. The number of esters is 1. The first-order valence-corrected chi connectivity index (χ1v) is 9.87. The van der Waals surface area contributed by atoms with Crippen LogP contribution in [0.25, 0.3) is 0 Å². The second kappa shape index (κ2) is 10.9. The molecule has 0 fully saturated rings. The Bertz CT molecular complexity index is 768. The zero-order valence-electron chi connectivity index (χ0n) is 15.6. The highest BCUT2D eigenvalue weighted by molar-refractivity contribution is 7.80. The number of rotatable bonds is 8. The van der Waals surface area contributed by atoms with Gasteiger partial charge in [-0.05, 0) is 55.2 Å². The van der Waals surface area contributed by atoms with E-state index in [4.69, 9.17) is 28.6 Å². The molecule has 0 saturated carbocycles. The van der Waals surface area contributed by atoms with Gasteiger partial charge in [-0.3, -0.25) is 0 Å². The minimum Gasteiger partial charge on any atom is -0.462 e. The van der Waals surface area contributed by atoms with E-state index < -0.39 is 5.97 Å². The van der Waals surface area contributed by atoms with Gasteiger partial charge in [0.1, 0.15) is 0 Å². The number of anilines is 1. The van der Waals surface area contributed by atoms with E-state index in [0.29, 0.717) is 28.2 Å². The summed E-state index contributed by atoms with van der Waals surface area (Å²) >= 11 is 11.6. The maximum absolute atomic E-state index is 11.8. The van der Waals surface area contributed by atoms with Gasteiger partial charge in [0, 0.05) is 12.2 Å². The smallest absolute Gasteiger partial charge is 0.339 e. The van der Waals surface area contributed by atoms with E-state index in [0.717, 1.165) is 25.1 Å². The normalized spacial score (nSPS) is 11.5. The molecule has 4 nitrogen and oxygen atoms in total. The van der Waals surface area contributed by atoms with Gasteiger partial charge in [0.2, 0.25) is 0 Å². The van der Waals surface area contributed by atoms with E-state index in [1.54, 1.807) is 25.1 Å². The molecule has 144 valence electrons. The molecule has 1 atom stereocenters. The molecule has 0 aromatic heterocycles.